The van der Waals surface area contributed by atoms with Crippen molar-refractivity contribution < 1.29 is 4.79 Å². The molecular weight excluding hydrogens is 212 g/mol. The maximum absolute atomic E-state index is 10.3. The summed E-state index contributed by atoms with van der Waals surface area (Å²) in [6.45, 7) is 0. The fraction of sp³-hybridized carbons (Fsp3) is 0. The molecule has 0 saturated carbocycles. The Morgan fingerprint density at radius 3 is 2.73 bits per heavy atom. The lowest BCUT2D eigenvalue weighted by molar-refractivity contribution is 0.259. The fourth-order valence-electron chi connectivity index (χ4n) is 0.503. The van der Waals surface area contributed by atoms with E-state index in [1.54, 1.807) is 0 Å². The molecule has 0 aromatic carbocycles. The Morgan fingerprint density at radius 1 is 1.55 bits per heavy atom. The van der Waals surface area contributed by atoms with Crippen LogP contribution in [-0.4, -0.2) is 16.0 Å². The average Bonchev–Trinajstić information content (AvgIpc) is 1.93. The molecule has 1 rings (SSSR count). The molecule has 3 N–H and O–H groups in total. The van der Waals surface area contributed by atoms with Gasteiger partial charge in [0, 0.05) is 0 Å². The van der Waals surface area contributed by atoms with E-state index in [2.05, 4.69) is 31.2 Å². The summed E-state index contributed by atoms with van der Waals surface area (Å²) in [5, 5.41) is 2.28. The maximum atomic E-state index is 10.3. The van der Waals surface area contributed by atoms with Crippen LogP contribution in [-0.2, 0) is 0 Å². The first-order valence-electron chi connectivity index (χ1n) is 2.72. The Balaban J connectivity index is 2.74. The molecule has 0 bridgehead atoms. The zero-order valence-corrected chi connectivity index (χ0v) is 7.00. The van der Waals surface area contributed by atoms with Crippen molar-refractivity contribution >= 4 is 27.8 Å². The van der Waals surface area contributed by atoms with Crippen molar-refractivity contribution in [3.05, 3.63) is 17.0 Å². The predicted molar refractivity (Wildman–Crippen MR) is 42.9 cm³/mol. The van der Waals surface area contributed by atoms with Crippen molar-refractivity contribution in [1.29, 1.82) is 0 Å². The highest BCUT2D eigenvalue weighted by Gasteiger charge is 1.96. The first-order valence-corrected chi connectivity index (χ1v) is 3.52. The van der Waals surface area contributed by atoms with Crippen LogP contribution < -0.4 is 11.1 Å². The molecule has 0 aliphatic carbocycles. The van der Waals surface area contributed by atoms with Crippen LogP contribution in [0.2, 0.25) is 0 Å². The number of primary amides is 1. The Hall–Kier alpha value is -1.17. The molecule has 1 heterocycles. The van der Waals surface area contributed by atoms with E-state index in [1.165, 1.54) is 12.4 Å². The number of carbonyl (C=O) groups is 1. The lowest BCUT2D eigenvalue weighted by Crippen LogP contribution is -2.20. The lowest BCUT2D eigenvalue weighted by atomic mass is 10.6. The van der Waals surface area contributed by atoms with E-state index in [4.69, 9.17) is 5.73 Å². The Bertz CT molecular complexity index is 260. The van der Waals surface area contributed by atoms with Gasteiger partial charge in [-0.05, 0) is 15.9 Å². The first-order chi connectivity index (χ1) is 5.18. The summed E-state index contributed by atoms with van der Waals surface area (Å²) >= 11 is 3.09. The molecular formula is C5H5BrN4O. The zero-order chi connectivity index (χ0) is 8.27. The summed E-state index contributed by atoms with van der Waals surface area (Å²) in [6.07, 6.45) is 2.86. The van der Waals surface area contributed by atoms with Gasteiger partial charge in [0.25, 0.3) is 0 Å². The van der Waals surface area contributed by atoms with Crippen LogP contribution in [0.15, 0.2) is 17.0 Å². The van der Waals surface area contributed by atoms with Gasteiger partial charge in [0.2, 0.25) is 0 Å². The molecule has 1 aromatic rings. The number of amides is 2. The fourth-order valence-corrected chi connectivity index (χ4v) is 0.708. The number of halogens is 1. The largest absolute Gasteiger partial charge is 0.351 e. The second kappa shape index (κ2) is 3.29. The van der Waals surface area contributed by atoms with E-state index in [1.807, 2.05) is 0 Å². The number of carbonyl (C=O) groups excluding carboxylic acids is 1. The van der Waals surface area contributed by atoms with Gasteiger partial charge in [0.15, 0.2) is 5.82 Å². The molecule has 2 amide bonds. The van der Waals surface area contributed by atoms with Crippen molar-refractivity contribution in [3.63, 3.8) is 0 Å². The van der Waals surface area contributed by atoms with E-state index >= 15 is 0 Å². The predicted octanol–water partition coefficient (Wildman–Crippen LogP) is 0.730. The third-order valence-electron chi connectivity index (χ3n) is 0.872. The molecule has 0 fully saturated rings. The van der Waals surface area contributed by atoms with Crippen molar-refractivity contribution in [1.82, 2.24) is 9.97 Å². The second-order valence-corrected chi connectivity index (χ2v) is 2.53. The van der Waals surface area contributed by atoms with Gasteiger partial charge in [-0.3, -0.25) is 5.32 Å². The number of nitrogens with one attached hydrogen (secondary N) is 1. The number of hydrogen-bond donors (Lipinski definition) is 2. The number of hydrogen-bond acceptors (Lipinski definition) is 3. The van der Waals surface area contributed by atoms with Crippen LogP contribution in [0.5, 0.6) is 0 Å². The van der Waals surface area contributed by atoms with Crippen LogP contribution in [0.1, 0.15) is 0 Å². The van der Waals surface area contributed by atoms with Crippen LogP contribution in [0, 0.1) is 0 Å². The molecule has 0 aliphatic rings. The van der Waals surface area contributed by atoms with Crippen molar-refractivity contribution in [2.24, 2.45) is 5.73 Å². The summed E-state index contributed by atoms with van der Waals surface area (Å²) in [6, 6.07) is -0.651. The number of rotatable bonds is 1. The van der Waals surface area contributed by atoms with E-state index in [9.17, 15) is 4.79 Å². The van der Waals surface area contributed by atoms with Gasteiger partial charge < -0.3 is 5.73 Å². The molecule has 11 heavy (non-hydrogen) atoms. The molecule has 0 spiro atoms. The number of nitrogens with zero attached hydrogens (tertiary/aromatic N) is 2. The van der Waals surface area contributed by atoms with E-state index in [-0.39, 0.29) is 0 Å². The molecule has 0 saturated heterocycles. The molecule has 0 aliphatic heterocycles. The van der Waals surface area contributed by atoms with Gasteiger partial charge in [-0.2, -0.15) is 0 Å². The van der Waals surface area contributed by atoms with Crippen LogP contribution >= 0.6 is 15.9 Å². The normalized spacial score (nSPS) is 9.18. The average molecular weight is 217 g/mol. The van der Waals surface area contributed by atoms with Gasteiger partial charge in [-0.15, -0.1) is 0 Å². The third kappa shape index (κ3) is 2.50. The summed E-state index contributed by atoms with van der Waals surface area (Å²) < 4.78 is 0.604. The monoisotopic (exact) mass is 216 g/mol. The van der Waals surface area contributed by atoms with Gasteiger partial charge in [-0.1, -0.05) is 0 Å². The Labute approximate surface area is 71.2 Å². The van der Waals surface area contributed by atoms with E-state index in [0.29, 0.717) is 10.4 Å². The topological polar surface area (TPSA) is 80.9 Å². The van der Waals surface area contributed by atoms with Crippen LogP contribution in [0.4, 0.5) is 10.6 Å². The molecule has 6 heteroatoms. The van der Waals surface area contributed by atoms with Gasteiger partial charge >= 0.3 is 6.03 Å². The van der Waals surface area contributed by atoms with Crippen LogP contribution in [0.3, 0.4) is 0 Å². The van der Waals surface area contributed by atoms with Crippen molar-refractivity contribution in [2.45, 2.75) is 0 Å². The summed E-state index contributed by atoms with van der Waals surface area (Å²) in [5.74, 6) is 0.334. The van der Waals surface area contributed by atoms with Crippen molar-refractivity contribution in [3.8, 4) is 0 Å². The van der Waals surface area contributed by atoms with E-state index in [0.717, 1.165) is 0 Å². The van der Waals surface area contributed by atoms with Gasteiger partial charge in [-0.25, -0.2) is 14.8 Å². The Kier molecular flexibility index (Phi) is 2.37. The summed E-state index contributed by atoms with van der Waals surface area (Å²) in [5.41, 5.74) is 4.83. The minimum Gasteiger partial charge on any atom is -0.351 e. The van der Waals surface area contributed by atoms with Crippen LogP contribution in [0.25, 0.3) is 0 Å². The Morgan fingerprint density at radius 2 is 2.27 bits per heavy atom. The summed E-state index contributed by atoms with van der Waals surface area (Å²) in [7, 11) is 0. The highest BCUT2D eigenvalue weighted by Crippen LogP contribution is 2.05. The minimum absolute atomic E-state index is 0.334. The minimum atomic E-state index is -0.651. The first kappa shape index (κ1) is 7.93. The number of nitrogens with two attached hydrogens (primary N) is 1. The van der Waals surface area contributed by atoms with Gasteiger partial charge in [0.1, 0.15) is 4.60 Å². The third-order valence-corrected chi connectivity index (χ3v) is 1.28. The summed E-state index contributed by atoms with van der Waals surface area (Å²) in [4.78, 5) is 17.9. The second-order valence-electron chi connectivity index (χ2n) is 1.71. The number of urea groups is 1. The quantitative estimate of drug-likeness (QED) is 0.727. The highest BCUT2D eigenvalue weighted by molar-refractivity contribution is 9.10. The SMILES string of the molecule is NC(=O)Nc1cnc(Br)cn1. The molecule has 0 radical (unpaired) electrons. The number of anilines is 1. The van der Waals surface area contributed by atoms with Gasteiger partial charge in [0.05, 0.1) is 12.4 Å². The lowest BCUT2D eigenvalue weighted by Gasteiger charge is -1.97. The molecule has 1 aromatic heterocycles. The standard InChI is InChI=1S/C5H5BrN4O/c6-3-1-9-4(2-8-3)10-5(7)11/h1-2H,(H3,7,9,10,11). The molecule has 0 atom stereocenters. The molecule has 5 nitrogen and oxygen atoms in total. The smallest absolute Gasteiger partial charge is 0.317 e. The molecule has 0 unspecified atom stereocenters. The molecule has 58 valence electrons. The maximum Gasteiger partial charge on any atom is 0.317 e. The highest BCUT2D eigenvalue weighted by atomic mass is 79.9. The zero-order valence-electron chi connectivity index (χ0n) is 5.41. The van der Waals surface area contributed by atoms with Crippen molar-refractivity contribution in [2.75, 3.05) is 5.32 Å². The van der Waals surface area contributed by atoms with E-state index < -0.39 is 6.03 Å². The number of aromatic nitrogens is 2.